The van der Waals surface area contributed by atoms with E-state index in [1.54, 1.807) is 36.4 Å². The van der Waals surface area contributed by atoms with Gasteiger partial charge in [0.15, 0.2) is 16.4 Å². The second kappa shape index (κ2) is 7.01. The number of sulfone groups is 1. The zero-order valence-corrected chi connectivity index (χ0v) is 14.6. The van der Waals surface area contributed by atoms with Crippen molar-refractivity contribution in [2.24, 2.45) is 0 Å². The van der Waals surface area contributed by atoms with Crippen molar-refractivity contribution in [3.63, 3.8) is 0 Å². The van der Waals surface area contributed by atoms with Crippen LogP contribution in [-0.4, -0.2) is 33.2 Å². The first-order valence-electron chi connectivity index (χ1n) is 7.59. The summed E-state index contributed by atoms with van der Waals surface area (Å²) in [4.78, 5) is 24.0. The monoisotopic (exact) mass is 373 g/mol. The summed E-state index contributed by atoms with van der Waals surface area (Å²) >= 11 is 0. The molecule has 2 aromatic carbocycles. The molecule has 0 unspecified atom stereocenters. The number of esters is 1. The Morgan fingerprint density at radius 1 is 1.08 bits per heavy atom. The fourth-order valence-electron chi connectivity index (χ4n) is 2.36. The molecule has 0 aliphatic heterocycles. The number of amides is 1. The standard InChI is InChI=1S/C18H15NO6S/c1-26(22,23)16-9-5-3-7-13(16)19-17(20)11-24-18(21)15-10-12-6-2-4-8-14(12)25-15/h2-10H,11H2,1H3,(H,19,20). The lowest BCUT2D eigenvalue weighted by Gasteiger charge is -2.09. The average molecular weight is 373 g/mol. The lowest BCUT2D eigenvalue weighted by Crippen LogP contribution is -2.21. The van der Waals surface area contributed by atoms with Gasteiger partial charge in [-0.1, -0.05) is 30.3 Å². The lowest BCUT2D eigenvalue weighted by molar-refractivity contribution is -0.119. The zero-order chi connectivity index (χ0) is 18.7. The molecule has 0 aliphatic rings. The van der Waals surface area contributed by atoms with Crippen molar-refractivity contribution in [1.82, 2.24) is 0 Å². The number of para-hydroxylation sites is 2. The number of hydrogen-bond donors (Lipinski definition) is 1. The van der Waals surface area contributed by atoms with Crippen LogP contribution in [0.15, 0.2) is 63.9 Å². The third-order valence-electron chi connectivity index (χ3n) is 3.52. The van der Waals surface area contributed by atoms with Crippen molar-refractivity contribution in [2.45, 2.75) is 4.90 Å². The van der Waals surface area contributed by atoms with E-state index in [9.17, 15) is 18.0 Å². The highest BCUT2D eigenvalue weighted by Crippen LogP contribution is 2.21. The van der Waals surface area contributed by atoms with Crippen molar-refractivity contribution in [3.05, 3.63) is 60.4 Å². The smallest absolute Gasteiger partial charge is 0.374 e. The minimum atomic E-state index is -3.51. The Labute approximate surface area is 149 Å². The van der Waals surface area contributed by atoms with Gasteiger partial charge in [0, 0.05) is 11.6 Å². The van der Waals surface area contributed by atoms with Crippen molar-refractivity contribution in [2.75, 3.05) is 18.2 Å². The van der Waals surface area contributed by atoms with Gasteiger partial charge in [0.1, 0.15) is 5.58 Å². The molecule has 1 heterocycles. The molecule has 3 rings (SSSR count). The molecule has 134 valence electrons. The van der Waals surface area contributed by atoms with E-state index in [2.05, 4.69) is 5.32 Å². The highest BCUT2D eigenvalue weighted by molar-refractivity contribution is 7.90. The van der Waals surface area contributed by atoms with Gasteiger partial charge in [-0.05, 0) is 24.3 Å². The number of ether oxygens (including phenoxy) is 1. The van der Waals surface area contributed by atoms with E-state index in [-0.39, 0.29) is 16.3 Å². The maximum atomic E-state index is 12.0. The molecule has 0 saturated heterocycles. The molecule has 0 spiro atoms. The topological polar surface area (TPSA) is 103 Å². The molecular formula is C18H15NO6S. The molecule has 1 amide bonds. The third-order valence-corrected chi connectivity index (χ3v) is 4.68. The molecule has 0 fully saturated rings. The van der Waals surface area contributed by atoms with E-state index in [0.717, 1.165) is 11.6 Å². The van der Waals surface area contributed by atoms with Gasteiger partial charge in [0.2, 0.25) is 5.76 Å². The average Bonchev–Trinajstić information content (AvgIpc) is 3.03. The molecule has 0 radical (unpaired) electrons. The Balaban J connectivity index is 1.65. The second-order valence-corrected chi connectivity index (χ2v) is 7.53. The first-order valence-corrected chi connectivity index (χ1v) is 9.48. The van der Waals surface area contributed by atoms with Crippen molar-refractivity contribution >= 4 is 38.4 Å². The van der Waals surface area contributed by atoms with Gasteiger partial charge in [-0.25, -0.2) is 13.2 Å². The van der Waals surface area contributed by atoms with E-state index in [0.29, 0.717) is 5.58 Å². The zero-order valence-electron chi connectivity index (χ0n) is 13.8. The number of nitrogens with one attached hydrogen (secondary N) is 1. The number of furan rings is 1. The molecule has 0 saturated carbocycles. The van der Waals surface area contributed by atoms with Crippen LogP contribution in [0.5, 0.6) is 0 Å². The van der Waals surface area contributed by atoms with Crippen LogP contribution < -0.4 is 5.32 Å². The molecule has 0 aliphatic carbocycles. The van der Waals surface area contributed by atoms with Crippen LogP contribution in [0.1, 0.15) is 10.6 Å². The Morgan fingerprint density at radius 2 is 1.77 bits per heavy atom. The lowest BCUT2D eigenvalue weighted by atomic mass is 10.2. The van der Waals surface area contributed by atoms with Crippen LogP contribution in [0, 0.1) is 0 Å². The Kier molecular flexibility index (Phi) is 4.77. The molecule has 1 aromatic heterocycles. The largest absolute Gasteiger partial charge is 0.450 e. The van der Waals surface area contributed by atoms with E-state index in [1.165, 1.54) is 18.2 Å². The predicted octanol–water partition coefficient (Wildman–Crippen LogP) is 2.63. The molecule has 26 heavy (non-hydrogen) atoms. The quantitative estimate of drug-likeness (QED) is 0.690. The molecule has 0 atom stereocenters. The predicted molar refractivity (Wildman–Crippen MR) is 94.7 cm³/mol. The number of benzene rings is 2. The van der Waals surface area contributed by atoms with Gasteiger partial charge in [0.25, 0.3) is 5.91 Å². The van der Waals surface area contributed by atoms with Gasteiger partial charge < -0.3 is 14.5 Å². The summed E-state index contributed by atoms with van der Waals surface area (Å²) in [6.45, 7) is -0.575. The highest BCUT2D eigenvalue weighted by atomic mass is 32.2. The number of anilines is 1. The SMILES string of the molecule is CS(=O)(=O)c1ccccc1NC(=O)COC(=O)c1cc2ccccc2o1. The summed E-state index contributed by atoms with van der Waals surface area (Å²) in [5, 5.41) is 3.17. The Hall–Kier alpha value is -3.13. The number of carbonyl (C=O) groups excluding carboxylic acids is 2. The van der Waals surface area contributed by atoms with Crippen LogP contribution >= 0.6 is 0 Å². The summed E-state index contributed by atoms with van der Waals surface area (Å²) in [7, 11) is -3.51. The van der Waals surface area contributed by atoms with Crippen LogP contribution in [0.25, 0.3) is 11.0 Å². The normalized spacial score (nSPS) is 11.3. The van der Waals surface area contributed by atoms with Crippen molar-refractivity contribution in [1.29, 1.82) is 0 Å². The number of rotatable bonds is 5. The van der Waals surface area contributed by atoms with Crippen LogP contribution in [0.4, 0.5) is 5.69 Å². The fourth-order valence-corrected chi connectivity index (χ4v) is 3.21. The molecule has 3 aromatic rings. The number of hydrogen-bond acceptors (Lipinski definition) is 6. The first kappa shape index (κ1) is 17.7. The van der Waals surface area contributed by atoms with Gasteiger partial charge in [-0.15, -0.1) is 0 Å². The van der Waals surface area contributed by atoms with Crippen molar-refractivity contribution in [3.8, 4) is 0 Å². The van der Waals surface area contributed by atoms with E-state index >= 15 is 0 Å². The summed E-state index contributed by atoms with van der Waals surface area (Å²) in [6, 6.07) is 14.6. The number of fused-ring (bicyclic) bond motifs is 1. The maximum absolute atomic E-state index is 12.0. The first-order chi connectivity index (χ1) is 12.3. The Morgan fingerprint density at radius 3 is 2.50 bits per heavy atom. The van der Waals surface area contributed by atoms with E-state index in [1.807, 2.05) is 0 Å². The third kappa shape index (κ3) is 3.92. The minimum absolute atomic E-state index is 0.0167. The summed E-state index contributed by atoms with van der Waals surface area (Å²) in [6.07, 6.45) is 1.04. The van der Waals surface area contributed by atoms with Crippen LogP contribution in [0.2, 0.25) is 0 Å². The molecule has 7 nitrogen and oxygen atoms in total. The van der Waals surface area contributed by atoms with Crippen molar-refractivity contribution < 1.29 is 27.2 Å². The van der Waals surface area contributed by atoms with Gasteiger partial charge in [0.05, 0.1) is 10.6 Å². The summed E-state index contributed by atoms with van der Waals surface area (Å²) < 4.78 is 33.7. The van der Waals surface area contributed by atoms with E-state index in [4.69, 9.17) is 9.15 Å². The van der Waals surface area contributed by atoms with Crippen LogP contribution in [0.3, 0.4) is 0 Å². The van der Waals surface area contributed by atoms with Crippen LogP contribution in [-0.2, 0) is 19.4 Å². The second-order valence-electron chi connectivity index (χ2n) is 5.54. The van der Waals surface area contributed by atoms with Gasteiger partial charge in [-0.3, -0.25) is 4.79 Å². The minimum Gasteiger partial charge on any atom is -0.450 e. The molecular weight excluding hydrogens is 358 g/mol. The number of carbonyl (C=O) groups is 2. The maximum Gasteiger partial charge on any atom is 0.374 e. The summed E-state index contributed by atoms with van der Waals surface area (Å²) in [5.41, 5.74) is 0.658. The molecule has 1 N–H and O–H groups in total. The Bertz CT molecular complexity index is 1050. The van der Waals surface area contributed by atoms with E-state index < -0.39 is 28.3 Å². The highest BCUT2D eigenvalue weighted by Gasteiger charge is 2.17. The van der Waals surface area contributed by atoms with Gasteiger partial charge in [-0.2, -0.15) is 0 Å². The molecule has 0 bridgehead atoms. The molecule has 8 heteroatoms. The van der Waals surface area contributed by atoms with Gasteiger partial charge >= 0.3 is 5.97 Å². The fraction of sp³-hybridized carbons (Fsp3) is 0.111. The summed E-state index contributed by atoms with van der Waals surface area (Å²) in [5.74, 6) is -1.46.